The Morgan fingerprint density at radius 2 is 2.00 bits per heavy atom. The highest BCUT2D eigenvalue weighted by molar-refractivity contribution is 4.81. The zero-order valence-electron chi connectivity index (χ0n) is 8.33. The SMILES string of the molecule is CCC1(N)OC(C)C(C(C)C)O1. The van der Waals surface area contributed by atoms with Crippen molar-refractivity contribution in [2.75, 3.05) is 0 Å². The molecule has 1 aliphatic heterocycles. The minimum absolute atomic E-state index is 0.106. The van der Waals surface area contributed by atoms with Crippen LogP contribution in [0.5, 0.6) is 0 Å². The molecule has 0 spiro atoms. The van der Waals surface area contributed by atoms with Crippen molar-refractivity contribution in [3.63, 3.8) is 0 Å². The molecular formula is C9H19NO2. The molecule has 0 amide bonds. The molecule has 1 rings (SSSR count). The molecule has 0 aromatic carbocycles. The molecule has 3 atom stereocenters. The Balaban J connectivity index is 2.61. The highest BCUT2D eigenvalue weighted by Crippen LogP contribution is 2.30. The van der Waals surface area contributed by atoms with E-state index in [1.54, 1.807) is 0 Å². The van der Waals surface area contributed by atoms with E-state index in [0.717, 1.165) is 0 Å². The van der Waals surface area contributed by atoms with Crippen molar-refractivity contribution in [2.24, 2.45) is 11.7 Å². The standard InChI is InChI=1S/C9H19NO2/c1-5-9(10)11-7(4)8(12-9)6(2)3/h6-8H,5,10H2,1-4H3. The van der Waals surface area contributed by atoms with Crippen LogP contribution in [0.2, 0.25) is 0 Å². The van der Waals surface area contributed by atoms with Crippen LogP contribution in [-0.4, -0.2) is 18.1 Å². The first-order valence-electron chi connectivity index (χ1n) is 4.63. The van der Waals surface area contributed by atoms with E-state index in [0.29, 0.717) is 12.3 Å². The lowest BCUT2D eigenvalue weighted by Gasteiger charge is -2.21. The molecule has 0 aliphatic carbocycles. The lowest BCUT2D eigenvalue weighted by Crippen LogP contribution is -2.41. The second kappa shape index (κ2) is 3.32. The summed E-state index contributed by atoms with van der Waals surface area (Å²) in [4.78, 5) is 0. The fraction of sp³-hybridized carbons (Fsp3) is 1.00. The molecule has 1 saturated heterocycles. The molecule has 2 N–H and O–H groups in total. The molecule has 0 aromatic rings. The number of nitrogens with two attached hydrogens (primary N) is 1. The van der Waals surface area contributed by atoms with Crippen molar-refractivity contribution in [3.05, 3.63) is 0 Å². The van der Waals surface area contributed by atoms with Crippen molar-refractivity contribution >= 4 is 0 Å². The van der Waals surface area contributed by atoms with E-state index < -0.39 is 5.91 Å². The normalized spacial score (nSPS) is 42.5. The second-order valence-corrected chi connectivity index (χ2v) is 3.81. The molecule has 3 heteroatoms. The summed E-state index contributed by atoms with van der Waals surface area (Å²) >= 11 is 0. The molecule has 1 heterocycles. The first-order valence-corrected chi connectivity index (χ1v) is 4.63. The number of ether oxygens (including phenoxy) is 2. The molecule has 0 radical (unpaired) electrons. The maximum Gasteiger partial charge on any atom is 0.225 e. The third-order valence-electron chi connectivity index (χ3n) is 2.33. The molecule has 0 saturated carbocycles. The fourth-order valence-corrected chi connectivity index (χ4v) is 1.58. The Kier molecular flexibility index (Phi) is 2.76. The molecule has 12 heavy (non-hydrogen) atoms. The van der Waals surface area contributed by atoms with Gasteiger partial charge in [-0.15, -0.1) is 0 Å². The summed E-state index contributed by atoms with van der Waals surface area (Å²) in [6.45, 7) is 8.21. The zero-order valence-corrected chi connectivity index (χ0v) is 8.33. The molecule has 0 aromatic heterocycles. The molecule has 3 nitrogen and oxygen atoms in total. The largest absolute Gasteiger partial charge is 0.332 e. The zero-order chi connectivity index (χ0) is 9.35. The third-order valence-corrected chi connectivity index (χ3v) is 2.33. The van der Waals surface area contributed by atoms with Gasteiger partial charge in [0.25, 0.3) is 0 Å². The summed E-state index contributed by atoms with van der Waals surface area (Å²) in [5.41, 5.74) is 5.83. The number of rotatable bonds is 2. The predicted molar refractivity (Wildman–Crippen MR) is 47.5 cm³/mol. The van der Waals surface area contributed by atoms with E-state index in [2.05, 4.69) is 13.8 Å². The fourth-order valence-electron chi connectivity index (χ4n) is 1.58. The molecule has 0 bridgehead atoms. The van der Waals surface area contributed by atoms with Crippen LogP contribution in [0.1, 0.15) is 34.1 Å². The molecular weight excluding hydrogens is 154 g/mol. The van der Waals surface area contributed by atoms with Gasteiger partial charge >= 0.3 is 0 Å². The smallest absolute Gasteiger partial charge is 0.225 e. The summed E-state index contributed by atoms with van der Waals surface area (Å²) in [6, 6.07) is 0. The van der Waals surface area contributed by atoms with E-state index in [1.807, 2.05) is 13.8 Å². The van der Waals surface area contributed by atoms with Gasteiger partial charge < -0.3 is 9.47 Å². The van der Waals surface area contributed by atoms with Gasteiger partial charge in [0.15, 0.2) is 0 Å². The van der Waals surface area contributed by atoms with E-state index in [9.17, 15) is 0 Å². The summed E-state index contributed by atoms with van der Waals surface area (Å²) in [5, 5.41) is 0. The average molecular weight is 173 g/mol. The van der Waals surface area contributed by atoms with Gasteiger partial charge in [0, 0.05) is 6.42 Å². The summed E-state index contributed by atoms with van der Waals surface area (Å²) in [6.07, 6.45) is 0.936. The first-order chi connectivity index (χ1) is 5.48. The molecule has 1 aliphatic rings. The van der Waals surface area contributed by atoms with Gasteiger partial charge in [0.05, 0.1) is 12.2 Å². The Morgan fingerprint density at radius 3 is 2.25 bits per heavy atom. The lowest BCUT2D eigenvalue weighted by atomic mass is 10.0. The second-order valence-electron chi connectivity index (χ2n) is 3.81. The first kappa shape index (κ1) is 9.96. The number of hydrogen-bond acceptors (Lipinski definition) is 3. The van der Waals surface area contributed by atoms with Gasteiger partial charge in [0.2, 0.25) is 5.91 Å². The Hall–Kier alpha value is -0.120. The van der Waals surface area contributed by atoms with Gasteiger partial charge in [-0.05, 0) is 12.8 Å². The van der Waals surface area contributed by atoms with Crippen LogP contribution in [0.3, 0.4) is 0 Å². The summed E-state index contributed by atoms with van der Waals surface area (Å²) in [7, 11) is 0. The number of hydrogen-bond donors (Lipinski definition) is 1. The third kappa shape index (κ3) is 1.79. The van der Waals surface area contributed by atoms with Crippen molar-refractivity contribution in [1.82, 2.24) is 0 Å². The minimum Gasteiger partial charge on any atom is -0.332 e. The van der Waals surface area contributed by atoms with E-state index >= 15 is 0 Å². The van der Waals surface area contributed by atoms with Gasteiger partial charge in [-0.25, -0.2) is 0 Å². The Morgan fingerprint density at radius 1 is 1.42 bits per heavy atom. The van der Waals surface area contributed by atoms with Gasteiger partial charge in [-0.1, -0.05) is 20.8 Å². The van der Waals surface area contributed by atoms with Gasteiger partial charge in [-0.2, -0.15) is 0 Å². The molecule has 3 unspecified atom stereocenters. The van der Waals surface area contributed by atoms with Gasteiger partial charge in [-0.3, -0.25) is 5.73 Å². The van der Waals surface area contributed by atoms with E-state index in [4.69, 9.17) is 15.2 Å². The van der Waals surface area contributed by atoms with Crippen LogP contribution in [0, 0.1) is 5.92 Å². The average Bonchev–Trinajstić information content (AvgIpc) is 2.28. The molecule has 72 valence electrons. The highest BCUT2D eigenvalue weighted by atomic mass is 16.8. The van der Waals surface area contributed by atoms with Crippen LogP contribution < -0.4 is 5.73 Å². The quantitative estimate of drug-likeness (QED) is 0.687. The Labute approximate surface area is 74.2 Å². The minimum atomic E-state index is -0.839. The predicted octanol–water partition coefficient (Wildman–Crippen LogP) is 1.47. The Bertz CT molecular complexity index is 161. The van der Waals surface area contributed by atoms with E-state index in [1.165, 1.54) is 0 Å². The summed E-state index contributed by atoms with van der Waals surface area (Å²) < 4.78 is 11.2. The van der Waals surface area contributed by atoms with Crippen molar-refractivity contribution in [3.8, 4) is 0 Å². The lowest BCUT2D eigenvalue weighted by molar-refractivity contribution is -0.174. The van der Waals surface area contributed by atoms with Crippen molar-refractivity contribution in [2.45, 2.75) is 52.2 Å². The monoisotopic (exact) mass is 173 g/mol. The maximum atomic E-state index is 5.83. The van der Waals surface area contributed by atoms with Gasteiger partial charge in [0.1, 0.15) is 0 Å². The van der Waals surface area contributed by atoms with Crippen molar-refractivity contribution < 1.29 is 9.47 Å². The molecule has 1 fully saturated rings. The van der Waals surface area contributed by atoms with Crippen LogP contribution >= 0.6 is 0 Å². The van der Waals surface area contributed by atoms with Crippen LogP contribution in [0.15, 0.2) is 0 Å². The van der Waals surface area contributed by atoms with Crippen molar-refractivity contribution in [1.29, 1.82) is 0 Å². The van der Waals surface area contributed by atoms with Crippen LogP contribution in [0.25, 0.3) is 0 Å². The van der Waals surface area contributed by atoms with Crippen LogP contribution in [-0.2, 0) is 9.47 Å². The highest BCUT2D eigenvalue weighted by Gasteiger charge is 2.42. The summed E-state index contributed by atoms with van der Waals surface area (Å²) in [5.74, 6) is -0.383. The topological polar surface area (TPSA) is 44.5 Å². The van der Waals surface area contributed by atoms with Crippen LogP contribution in [0.4, 0.5) is 0 Å². The maximum absolute atomic E-state index is 5.83. The van der Waals surface area contributed by atoms with E-state index in [-0.39, 0.29) is 12.2 Å².